The van der Waals surface area contributed by atoms with Crippen LogP contribution in [0.25, 0.3) is 16.7 Å². The van der Waals surface area contributed by atoms with Crippen molar-refractivity contribution in [3.05, 3.63) is 84.2 Å². The van der Waals surface area contributed by atoms with Crippen LogP contribution in [0.1, 0.15) is 11.4 Å². The fourth-order valence-corrected chi connectivity index (χ4v) is 4.17. The highest BCUT2D eigenvalue weighted by atomic mass is 16.5. The van der Waals surface area contributed by atoms with E-state index in [-0.39, 0.29) is 0 Å². The lowest BCUT2D eigenvalue weighted by Gasteiger charge is -2.28. The Morgan fingerprint density at radius 2 is 1.69 bits per heavy atom. The molecule has 3 aromatic carbocycles. The van der Waals surface area contributed by atoms with Crippen molar-refractivity contribution >= 4 is 22.4 Å². The van der Waals surface area contributed by atoms with Gasteiger partial charge in [-0.1, -0.05) is 30.3 Å². The van der Waals surface area contributed by atoms with E-state index in [2.05, 4.69) is 82.9 Å². The van der Waals surface area contributed by atoms with Crippen molar-refractivity contribution in [2.75, 3.05) is 43.1 Å². The average molecular weight is 423 g/mol. The molecule has 4 aromatic rings. The zero-order valence-corrected chi connectivity index (χ0v) is 18.0. The summed E-state index contributed by atoms with van der Waals surface area (Å²) in [5.74, 6) is 3.37. The van der Waals surface area contributed by atoms with Gasteiger partial charge in [-0.05, 0) is 60.4 Å². The molecule has 0 radical (unpaired) electrons. The van der Waals surface area contributed by atoms with Crippen molar-refractivity contribution in [1.29, 1.82) is 0 Å². The van der Waals surface area contributed by atoms with Crippen LogP contribution < -0.4 is 10.2 Å². The van der Waals surface area contributed by atoms with Gasteiger partial charge in [0.2, 0.25) is 0 Å². The number of nitrogens with one attached hydrogen (secondary N) is 1. The lowest BCUT2D eigenvalue weighted by atomic mass is 10.1. The maximum atomic E-state index is 5.81. The number of hydrogen-bond donors (Lipinski definition) is 1. The third kappa shape index (κ3) is 4.18. The molecule has 0 bridgehead atoms. The normalized spacial score (nSPS) is 13.8. The number of ether oxygens (including phenoxy) is 1. The lowest BCUT2D eigenvalue weighted by Crippen LogP contribution is -2.36. The van der Waals surface area contributed by atoms with Gasteiger partial charge in [0.25, 0.3) is 0 Å². The molecule has 160 valence electrons. The Morgan fingerprint density at radius 1 is 0.938 bits per heavy atom. The molecule has 0 unspecified atom stereocenters. The summed E-state index contributed by atoms with van der Waals surface area (Å²) in [7, 11) is 0. The summed E-state index contributed by atoms with van der Waals surface area (Å²) in [5, 5.41) is 3.49. The quantitative estimate of drug-likeness (QED) is 0.465. The van der Waals surface area contributed by atoms with Gasteiger partial charge in [-0.25, -0.2) is 4.98 Å². The van der Waals surface area contributed by atoms with Crippen molar-refractivity contribution in [1.82, 2.24) is 9.55 Å². The van der Waals surface area contributed by atoms with Crippen LogP contribution in [-0.2, 0) is 11.2 Å². The monoisotopic (exact) mass is 422 g/mol. The number of morpholine rings is 1. The van der Waals surface area contributed by atoms with Crippen LogP contribution in [-0.4, -0.2) is 42.4 Å². The predicted octanol–water partition coefficient (Wildman–Crippen LogP) is 4.50. The largest absolute Gasteiger partial charge is 0.385 e. The molecule has 5 heteroatoms. The third-order valence-corrected chi connectivity index (χ3v) is 5.85. The molecule has 0 amide bonds. The second-order valence-corrected chi connectivity index (χ2v) is 7.90. The molecular formula is C27H26N4O. The van der Waals surface area contributed by atoms with Gasteiger partial charge in [0.05, 0.1) is 24.2 Å². The van der Waals surface area contributed by atoms with Gasteiger partial charge in [-0.2, -0.15) is 0 Å². The first kappa shape index (κ1) is 20.2. The first-order valence-corrected chi connectivity index (χ1v) is 11.0. The van der Waals surface area contributed by atoms with Crippen LogP contribution in [0.4, 0.5) is 11.4 Å². The highest BCUT2D eigenvalue weighted by molar-refractivity contribution is 5.83. The summed E-state index contributed by atoms with van der Waals surface area (Å²) >= 11 is 0. The number of imidazole rings is 1. The molecular weight excluding hydrogens is 396 g/mol. The molecule has 1 fully saturated rings. The van der Waals surface area contributed by atoms with Gasteiger partial charge in [-0.3, -0.25) is 4.57 Å². The summed E-state index contributed by atoms with van der Waals surface area (Å²) in [6.45, 7) is 4.19. The predicted molar refractivity (Wildman–Crippen MR) is 131 cm³/mol. The lowest BCUT2D eigenvalue weighted by molar-refractivity contribution is 0.122. The number of hydrogen-bond acceptors (Lipinski definition) is 4. The first-order valence-electron chi connectivity index (χ1n) is 11.0. The van der Waals surface area contributed by atoms with E-state index in [1.165, 1.54) is 5.56 Å². The Morgan fingerprint density at radius 3 is 2.44 bits per heavy atom. The van der Waals surface area contributed by atoms with Gasteiger partial charge in [0.15, 0.2) is 5.82 Å². The van der Waals surface area contributed by atoms with E-state index in [1.807, 2.05) is 10.6 Å². The molecule has 1 aromatic heterocycles. The summed E-state index contributed by atoms with van der Waals surface area (Å²) < 4.78 is 7.52. The highest BCUT2D eigenvalue weighted by Crippen LogP contribution is 2.27. The van der Waals surface area contributed by atoms with Gasteiger partial charge >= 0.3 is 0 Å². The van der Waals surface area contributed by atoms with E-state index in [1.54, 1.807) is 0 Å². The van der Waals surface area contributed by atoms with E-state index < -0.39 is 0 Å². The van der Waals surface area contributed by atoms with Crippen molar-refractivity contribution in [3.8, 4) is 18.0 Å². The van der Waals surface area contributed by atoms with Crippen LogP contribution in [0.2, 0.25) is 0 Å². The molecule has 5 nitrogen and oxygen atoms in total. The zero-order chi connectivity index (χ0) is 21.8. The van der Waals surface area contributed by atoms with Crippen molar-refractivity contribution in [2.45, 2.75) is 6.42 Å². The number of nitrogens with zero attached hydrogens (tertiary/aromatic N) is 3. The molecule has 5 rings (SSSR count). The van der Waals surface area contributed by atoms with E-state index in [4.69, 9.17) is 16.1 Å². The Balaban J connectivity index is 1.35. The third-order valence-electron chi connectivity index (χ3n) is 5.85. The SMILES string of the molecule is C#Cc1nc2cc(N3CCOCC3)ccc2n1-c1ccc(NCCc2ccccc2)cc1. The molecule has 0 aliphatic carbocycles. The van der Waals surface area contributed by atoms with Gasteiger partial charge in [0.1, 0.15) is 0 Å². The number of anilines is 2. The average Bonchev–Trinajstić information content (AvgIpc) is 3.23. The number of aromatic nitrogens is 2. The number of fused-ring (bicyclic) bond motifs is 1. The van der Waals surface area contributed by atoms with E-state index in [0.29, 0.717) is 5.82 Å². The highest BCUT2D eigenvalue weighted by Gasteiger charge is 2.15. The van der Waals surface area contributed by atoms with Crippen molar-refractivity contribution in [3.63, 3.8) is 0 Å². The van der Waals surface area contributed by atoms with Crippen LogP contribution in [0, 0.1) is 12.3 Å². The molecule has 2 heterocycles. The molecule has 0 atom stereocenters. The van der Waals surface area contributed by atoms with Crippen molar-refractivity contribution in [2.24, 2.45) is 0 Å². The fraction of sp³-hybridized carbons (Fsp3) is 0.222. The number of rotatable bonds is 6. The maximum absolute atomic E-state index is 5.81. The molecule has 1 aliphatic heterocycles. The standard InChI is InChI=1S/C27H26N4O/c1-2-27-29-25-20-24(30-16-18-32-19-17-30)12-13-26(25)31(27)23-10-8-22(9-11-23)28-15-14-21-6-4-3-5-7-21/h1,3-13,20,28H,14-19H2. The molecule has 1 saturated heterocycles. The van der Waals surface area contributed by atoms with Gasteiger partial charge in [-0.15, -0.1) is 6.42 Å². The van der Waals surface area contributed by atoms with Gasteiger partial charge < -0.3 is 15.0 Å². The van der Waals surface area contributed by atoms with E-state index >= 15 is 0 Å². The molecule has 1 N–H and O–H groups in total. The van der Waals surface area contributed by atoms with Crippen molar-refractivity contribution < 1.29 is 4.74 Å². The Kier molecular flexibility index (Phi) is 5.78. The Hall–Kier alpha value is -3.75. The smallest absolute Gasteiger partial charge is 0.190 e. The minimum atomic E-state index is 0.615. The Labute approximate surface area is 188 Å². The molecule has 1 aliphatic rings. The molecule has 32 heavy (non-hydrogen) atoms. The summed E-state index contributed by atoms with van der Waals surface area (Å²) in [5.41, 5.74) is 6.51. The number of benzene rings is 3. The zero-order valence-electron chi connectivity index (χ0n) is 18.0. The summed E-state index contributed by atoms with van der Waals surface area (Å²) in [4.78, 5) is 7.05. The second kappa shape index (κ2) is 9.17. The van der Waals surface area contributed by atoms with Crippen LogP contribution in [0.3, 0.4) is 0 Å². The van der Waals surface area contributed by atoms with Crippen LogP contribution in [0.15, 0.2) is 72.8 Å². The molecule has 0 spiro atoms. The summed E-state index contributed by atoms with van der Waals surface area (Å²) in [6.07, 6.45) is 6.80. The second-order valence-electron chi connectivity index (χ2n) is 7.90. The Bertz CT molecular complexity index is 1230. The first-order chi connectivity index (χ1) is 15.8. The van der Waals surface area contributed by atoms with E-state index in [9.17, 15) is 0 Å². The number of terminal acetylenes is 1. The summed E-state index contributed by atoms with van der Waals surface area (Å²) in [6, 6.07) is 25.2. The topological polar surface area (TPSA) is 42.3 Å². The van der Waals surface area contributed by atoms with Gasteiger partial charge in [0, 0.05) is 36.7 Å². The minimum absolute atomic E-state index is 0.615. The maximum Gasteiger partial charge on any atom is 0.190 e. The van der Waals surface area contributed by atoms with Crippen LogP contribution in [0.5, 0.6) is 0 Å². The van der Waals surface area contributed by atoms with Crippen LogP contribution >= 0.6 is 0 Å². The molecule has 0 saturated carbocycles. The fourth-order valence-electron chi connectivity index (χ4n) is 4.17. The van der Waals surface area contributed by atoms with E-state index in [0.717, 1.165) is 67.4 Å². The minimum Gasteiger partial charge on any atom is -0.385 e.